The molecule has 7 nitrogen and oxygen atoms in total. The number of thiophene rings is 1. The van der Waals surface area contributed by atoms with Crippen LogP contribution in [0.25, 0.3) is 10.2 Å². The highest BCUT2D eigenvalue weighted by molar-refractivity contribution is 7.20. The van der Waals surface area contributed by atoms with E-state index in [2.05, 4.69) is 4.98 Å². The maximum absolute atomic E-state index is 12.8. The Hall–Kier alpha value is -3.00. The van der Waals surface area contributed by atoms with Crippen molar-refractivity contribution in [3.8, 4) is 0 Å². The molecular formula is C21H22N2O5S. The largest absolute Gasteiger partial charge is 0.461 e. The topological polar surface area (TPSA) is 87.5 Å². The monoisotopic (exact) mass is 414 g/mol. The van der Waals surface area contributed by atoms with Gasteiger partial charge in [0.1, 0.15) is 22.9 Å². The zero-order chi connectivity index (χ0) is 21.0. The quantitative estimate of drug-likeness (QED) is 0.551. The van der Waals surface area contributed by atoms with Gasteiger partial charge in [-0.1, -0.05) is 44.2 Å². The van der Waals surface area contributed by atoms with Gasteiger partial charge in [0, 0.05) is 0 Å². The van der Waals surface area contributed by atoms with Crippen molar-refractivity contribution in [3.63, 3.8) is 0 Å². The first kappa shape index (κ1) is 20.7. The van der Waals surface area contributed by atoms with Gasteiger partial charge in [0.05, 0.1) is 18.3 Å². The molecule has 8 heteroatoms. The summed E-state index contributed by atoms with van der Waals surface area (Å²) in [6.45, 7) is 5.76. The lowest BCUT2D eigenvalue weighted by molar-refractivity contribution is -0.145. The number of nitrogens with zero attached hydrogens (tertiary/aromatic N) is 2. The van der Waals surface area contributed by atoms with Crippen LogP contribution in [0.4, 0.5) is 0 Å². The van der Waals surface area contributed by atoms with E-state index in [0.29, 0.717) is 27.3 Å². The van der Waals surface area contributed by atoms with Gasteiger partial charge in [-0.05, 0) is 24.0 Å². The van der Waals surface area contributed by atoms with Crippen molar-refractivity contribution >= 4 is 33.5 Å². The summed E-state index contributed by atoms with van der Waals surface area (Å²) in [6.07, 6.45) is 1.30. The van der Waals surface area contributed by atoms with Gasteiger partial charge in [-0.15, -0.1) is 11.3 Å². The molecule has 0 N–H and O–H groups in total. The van der Waals surface area contributed by atoms with Gasteiger partial charge >= 0.3 is 11.9 Å². The number of esters is 2. The van der Waals surface area contributed by atoms with Gasteiger partial charge in [-0.2, -0.15) is 0 Å². The number of aromatic nitrogens is 2. The molecule has 0 fully saturated rings. The molecular weight excluding hydrogens is 392 g/mol. The predicted octanol–water partition coefficient (Wildman–Crippen LogP) is 3.32. The third kappa shape index (κ3) is 4.89. The molecule has 3 rings (SSSR count). The number of rotatable bonds is 7. The smallest absolute Gasteiger partial charge is 0.348 e. The van der Waals surface area contributed by atoms with Gasteiger partial charge in [0.25, 0.3) is 5.56 Å². The molecule has 1 aromatic carbocycles. The van der Waals surface area contributed by atoms with Crippen molar-refractivity contribution in [2.75, 3.05) is 6.61 Å². The van der Waals surface area contributed by atoms with Crippen molar-refractivity contribution in [1.29, 1.82) is 0 Å². The Morgan fingerprint density at radius 3 is 2.59 bits per heavy atom. The number of hydrogen-bond acceptors (Lipinski definition) is 7. The second kappa shape index (κ2) is 9.00. The highest BCUT2D eigenvalue weighted by Gasteiger charge is 2.21. The standard InChI is InChI=1S/C21H22N2O5S/c1-13(2)10-28-21(26)18-14(3)17-19(29-18)22-12-23(20(17)25)9-16(24)27-11-15-7-5-4-6-8-15/h4-8,12-13H,9-11H2,1-3H3. The van der Waals surface area contributed by atoms with Gasteiger partial charge in [0.2, 0.25) is 0 Å². The van der Waals surface area contributed by atoms with Gasteiger partial charge in [0.15, 0.2) is 0 Å². The second-order valence-corrected chi connectivity index (χ2v) is 8.05. The fourth-order valence-electron chi connectivity index (χ4n) is 2.70. The normalized spacial score (nSPS) is 11.0. The van der Waals surface area contributed by atoms with Crippen LogP contribution >= 0.6 is 11.3 Å². The first-order valence-corrected chi connectivity index (χ1v) is 10.0. The molecule has 0 amide bonds. The number of aryl methyl sites for hydroxylation is 1. The predicted molar refractivity (Wildman–Crippen MR) is 110 cm³/mol. The fourth-order valence-corrected chi connectivity index (χ4v) is 3.73. The van der Waals surface area contributed by atoms with Crippen LogP contribution in [0.3, 0.4) is 0 Å². The highest BCUT2D eigenvalue weighted by atomic mass is 32.1. The maximum atomic E-state index is 12.8. The molecule has 0 atom stereocenters. The van der Waals surface area contributed by atoms with Crippen molar-refractivity contribution in [1.82, 2.24) is 9.55 Å². The van der Waals surface area contributed by atoms with E-state index in [9.17, 15) is 14.4 Å². The molecule has 152 valence electrons. The van der Waals surface area contributed by atoms with E-state index < -0.39 is 11.9 Å². The van der Waals surface area contributed by atoms with E-state index in [4.69, 9.17) is 9.47 Å². The number of fused-ring (bicyclic) bond motifs is 1. The minimum atomic E-state index is -0.540. The minimum Gasteiger partial charge on any atom is -0.461 e. The molecule has 0 aliphatic heterocycles. The highest BCUT2D eigenvalue weighted by Crippen LogP contribution is 2.27. The Labute approximate surface area is 171 Å². The Morgan fingerprint density at radius 1 is 1.17 bits per heavy atom. The molecule has 0 unspecified atom stereocenters. The number of ether oxygens (including phenoxy) is 2. The van der Waals surface area contributed by atoms with Crippen LogP contribution in [0.15, 0.2) is 41.5 Å². The molecule has 0 aliphatic carbocycles. The van der Waals surface area contributed by atoms with E-state index in [1.807, 2.05) is 44.2 Å². The molecule has 0 saturated carbocycles. The number of carbonyl (C=O) groups is 2. The number of hydrogen-bond donors (Lipinski definition) is 0. The Kier molecular flexibility index (Phi) is 6.43. The lowest BCUT2D eigenvalue weighted by Crippen LogP contribution is -2.25. The lowest BCUT2D eigenvalue weighted by Gasteiger charge is -2.07. The average molecular weight is 414 g/mol. The molecule has 0 bridgehead atoms. The summed E-state index contributed by atoms with van der Waals surface area (Å²) in [5.41, 5.74) is 0.992. The van der Waals surface area contributed by atoms with E-state index >= 15 is 0 Å². The third-order valence-corrected chi connectivity index (χ3v) is 5.37. The van der Waals surface area contributed by atoms with Crippen molar-refractivity contribution in [2.45, 2.75) is 33.9 Å². The minimum absolute atomic E-state index is 0.132. The van der Waals surface area contributed by atoms with Crippen molar-refractivity contribution in [3.05, 3.63) is 63.0 Å². The lowest BCUT2D eigenvalue weighted by atomic mass is 10.2. The van der Waals surface area contributed by atoms with Crippen molar-refractivity contribution < 1.29 is 19.1 Å². The fraction of sp³-hybridized carbons (Fsp3) is 0.333. The van der Waals surface area contributed by atoms with E-state index in [1.54, 1.807) is 6.92 Å². The average Bonchev–Trinajstić information content (AvgIpc) is 3.05. The SMILES string of the molecule is Cc1c(C(=O)OCC(C)C)sc2ncn(CC(=O)OCc3ccccc3)c(=O)c12. The van der Waals surface area contributed by atoms with Gasteiger partial charge in [-0.25, -0.2) is 9.78 Å². The molecule has 0 radical (unpaired) electrons. The Morgan fingerprint density at radius 2 is 1.90 bits per heavy atom. The zero-order valence-electron chi connectivity index (χ0n) is 16.5. The molecule has 0 aliphatic rings. The van der Waals surface area contributed by atoms with Crippen LogP contribution < -0.4 is 5.56 Å². The molecule has 3 aromatic rings. The first-order chi connectivity index (χ1) is 13.9. The molecule has 2 heterocycles. The van der Waals surface area contributed by atoms with Gasteiger partial charge in [-0.3, -0.25) is 14.2 Å². The summed E-state index contributed by atoms with van der Waals surface area (Å²) in [7, 11) is 0. The number of carbonyl (C=O) groups excluding carboxylic acids is 2. The zero-order valence-corrected chi connectivity index (χ0v) is 17.3. The Bertz CT molecular complexity index is 1090. The van der Waals surface area contributed by atoms with Gasteiger partial charge < -0.3 is 9.47 Å². The molecule has 0 spiro atoms. The van der Waals surface area contributed by atoms with E-state index in [0.717, 1.165) is 16.9 Å². The first-order valence-electron chi connectivity index (χ1n) is 9.22. The van der Waals surface area contributed by atoms with Crippen LogP contribution in [0.2, 0.25) is 0 Å². The van der Waals surface area contributed by atoms with Crippen LogP contribution in [0, 0.1) is 12.8 Å². The summed E-state index contributed by atoms with van der Waals surface area (Å²) < 4.78 is 11.7. The maximum Gasteiger partial charge on any atom is 0.348 e. The summed E-state index contributed by atoms with van der Waals surface area (Å²) in [5, 5.41) is 0.324. The molecule has 0 saturated heterocycles. The van der Waals surface area contributed by atoms with Crippen LogP contribution in [0.5, 0.6) is 0 Å². The summed E-state index contributed by atoms with van der Waals surface area (Å²) in [4.78, 5) is 42.3. The van der Waals surface area contributed by atoms with E-state index in [-0.39, 0.29) is 24.6 Å². The summed E-state index contributed by atoms with van der Waals surface area (Å²) >= 11 is 1.12. The number of benzene rings is 1. The van der Waals surface area contributed by atoms with Crippen molar-refractivity contribution in [2.24, 2.45) is 5.92 Å². The van der Waals surface area contributed by atoms with Crippen LogP contribution in [-0.4, -0.2) is 28.1 Å². The molecule has 2 aromatic heterocycles. The summed E-state index contributed by atoms with van der Waals surface area (Å²) in [5.74, 6) is -0.792. The van der Waals surface area contributed by atoms with Crippen LogP contribution in [0.1, 0.15) is 34.6 Å². The third-order valence-electron chi connectivity index (χ3n) is 4.19. The summed E-state index contributed by atoms with van der Waals surface area (Å²) in [6, 6.07) is 9.29. The Balaban J connectivity index is 1.77. The van der Waals surface area contributed by atoms with Crippen LogP contribution in [-0.2, 0) is 27.4 Å². The van der Waals surface area contributed by atoms with E-state index in [1.165, 1.54) is 10.9 Å². The molecule has 29 heavy (non-hydrogen) atoms. The second-order valence-electron chi connectivity index (χ2n) is 7.05.